The Bertz CT molecular complexity index is 720. The molecular weight excluding hydrogens is 312 g/mol. The molecule has 1 saturated heterocycles. The number of benzene rings is 2. The summed E-state index contributed by atoms with van der Waals surface area (Å²) in [5.41, 5.74) is 1.65. The lowest BCUT2D eigenvalue weighted by atomic mass is 9.83. The van der Waals surface area contributed by atoms with Crippen LogP contribution in [0.1, 0.15) is 19.4 Å². The van der Waals surface area contributed by atoms with Crippen LogP contribution in [0.15, 0.2) is 54.6 Å². The molecule has 1 fully saturated rings. The number of methoxy groups -OCH3 is 1. The molecule has 25 heavy (non-hydrogen) atoms. The normalized spacial score (nSPS) is 15.2. The van der Waals surface area contributed by atoms with E-state index in [9.17, 15) is 4.79 Å². The second-order valence-corrected chi connectivity index (χ2v) is 6.94. The van der Waals surface area contributed by atoms with Crippen LogP contribution in [0.5, 0.6) is 5.75 Å². The topological polar surface area (TPSA) is 32.8 Å². The van der Waals surface area contributed by atoms with Crippen molar-refractivity contribution in [2.75, 3.05) is 38.2 Å². The summed E-state index contributed by atoms with van der Waals surface area (Å²) in [6.07, 6.45) is 0. The predicted octanol–water partition coefficient (Wildman–Crippen LogP) is 3.32. The highest BCUT2D eigenvalue weighted by Crippen LogP contribution is 2.30. The van der Waals surface area contributed by atoms with Gasteiger partial charge in [-0.05, 0) is 31.5 Å². The first-order chi connectivity index (χ1) is 12.0. The van der Waals surface area contributed by atoms with E-state index in [-0.39, 0.29) is 5.91 Å². The quantitative estimate of drug-likeness (QED) is 0.857. The van der Waals surface area contributed by atoms with Gasteiger partial charge in [0.25, 0.3) is 0 Å². The summed E-state index contributed by atoms with van der Waals surface area (Å²) in [5.74, 6) is 1.07. The van der Waals surface area contributed by atoms with Crippen molar-refractivity contribution in [1.29, 1.82) is 0 Å². The number of hydrogen-bond acceptors (Lipinski definition) is 3. The van der Waals surface area contributed by atoms with E-state index in [2.05, 4.69) is 11.0 Å². The highest BCUT2D eigenvalue weighted by molar-refractivity contribution is 5.87. The number of ether oxygens (including phenoxy) is 1. The summed E-state index contributed by atoms with van der Waals surface area (Å²) in [6, 6.07) is 18.1. The smallest absolute Gasteiger partial charge is 0.232 e. The molecule has 2 aromatic rings. The van der Waals surface area contributed by atoms with Gasteiger partial charge in [0.05, 0.1) is 18.2 Å². The molecule has 132 valence electrons. The molecular formula is C21H26N2O2. The second-order valence-electron chi connectivity index (χ2n) is 6.94. The van der Waals surface area contributed by atoms with Crippen molar-refractivity contribution in [3.8, 4) is 5.75 Å². The number of piperazine rings is 1. The van der Waals surface area contributed by atoms with Crippen LogP contribution in [0.3, 0.4) is 0 Å². The fourth-order valence-electron chi connectivity index (χ4n) is 3.42. The Kier molecular flexibility index (Phi) is 4.98. The maximum atomic E-state index is 13.1. The van der Waals surface area contributed by atoms with E-state index in [0.29, 0.717) is 0 Å². The van der Waals surface area contributed by atoms with E-state index in [4.69, 9.17) is 4.74 Å². The number of anilines is 1. The van der Waals surface area contributed by atoms with Gasteiger partial charge in [-0.1, -0.05) is 42.5 Å². The van der Waals surface area contributed by atoms with Crippen molar-refractivity contribution < 1.29 is 9.53 Å². The standard InChI is InChI=1S/C21H26N2O2/c1-21(2,17-9-5-4-6-10-17)20(24)23-15-13-22(14-16-23)18-11-7-8-12-19(18)25-3/h4-12H,13-16H2,1-3H3. The van der Waals surface area contributed by atoms with Crippen molar-refractivity contribution in [2.24, 2.45) is 0 Å². The molecule has 0 saturated carbocycles. The number of carbonyl (C=O) groups is 1. The lowest BCUT2D eigenvalue weighted by Crippen LogP contribution is -2.53. The van der Waals surface area contributed by atoms with Gasteiger partial charge in [-0.25, -0.2) is 0 Å². The van der Waals surface area contributed by atoms with E-state index in [1.807, 2.05) is 67.3 Å². The molecule has 0 unspecified atom stereocenters. The lowest BCUT2D eigenvalue weighted by molar-refractivity contribution is -0.136. The summed E-state index contributed by atoms with van der Waals surface area (Å²) < 4.78 is 5.46. The third-order valence-electron chi connectivity index (χ3n) is 5.02. The molecule has 1 aliphatic heterocycles. The third-order valence-corrected chi connectivity index (χ3v) is 5.02. The van der Waals surface area contributed by atoms with Crippen LogP contribution < -0.4 is 9.64 Å². The zero-order valence-electron chi connectivity index (χ0n) is 15.2. The van der Waals surface area contributed by atoms with Crippen molar-refractivity contribution in [3.63, 3.8) is 0 Å². The number of hydrogen-bond donors (Lipinski definition) is 0. The number of amides is 1. The lowest BCUT2D eigenvalue weighted by Gasteiger charge is -2.40. The zero-order valence-corrected chi connectivity index (χ0v) is 15.2. The van der Waals surface area contributed by atoms with Crippen molar-refractivity contribution >= 4 is 11.6 Å². The molecule has 3 rings (SSSR count). The Labute approximate surface area is 150 Å². The van der Waals surface area contributed by atoms with Crippen molar-refractivity contribution in [3.05, 3.63) is 60.2 Å². The molecule has 0 aliphatic carbocycles. The molecule has 4 heteroatoms. The molecule has 0 atom stereocenters. The summed E-state index contributed by atoms with van der Waals surface area (Å²) in [5, 5.41) is 0. The molecule has 0 aromatic heterocycles. The first kappa shape index (κ1) is 17.3. The zero-order chi connectivity index (χ0) is 17.9. The van der Waals surface area contributed by atoms with Crippen molar-refractivity contribution in [1.82, 2.24) is 4.90 Å². The molecule has 0 bridgehead atoms. The molecule has 1 heterocycles. The van der Waals surface area contributed by atoms with Crippen LogP contribution in [-0.2, 0) is 10.2 Å². The minimum absolute atomic E-state index is 0.193. The van der Waals surface area contributed by atoms with Gasteiger partial charge in [-0.15, -0.1) is 0 Å². The summed E-state index contributed by atoms with van der Waals surface area (Å²) in [6.45, 7) is 7.11. The average molecular weight is 338 g/mol. The van der Waals surface area contributed by atoms with Gasteiger partial charge in [0.2, 0.25) is 5.91 Å². The molecule has 1 aliphatic rings. The average Bonchev–Trinajstić information content (AvgIpc) is 2.68. The van der Waals surface area contributed by atoms with E-state index in [1.54, 1.807) is 7.11 Å². The molecule has 0 spiro atoms. The van der Waals surface area contributed by atoms with Gasteiger partial charge in [0.15, 0.2) is 0 Å². The Hall–Kier alpha value is -2.49. The van der Waals surface area contributed by atoms with Crippen LogP contribution >= 0.6 is 0 Å². The van der Waals surface area contributed by atoms with Crippen LogP contribution in [0.4, 0.5) is 5.69 Å². The molecule has 2 aromatic carbocycles. The molecule has 4 nitrogen and oxygen atoms in total. The minimum Gasteiger partial charge on any atom is -0.495 e. The number of carbonyl (C=O) groups excluding carboxylic acids is 1. The maximum Gasteiger partial charge on any atom is 0.232 e. The fraction of sp³-hybridized carbons (Fsp3) is 0.381. The summed E-state index contributed by atoms with van der Waals surface area (Å²) >= 11 is 0. The molecule has 1 amide bonds. The summed E-state index contributed by atoms with van der Waals surface area (Å²) in [4.78, 5) is 17.3. The largest absolute Gasteiger partial charge is 0.495 e. The van der Waals surface area contributed by atoms with Crippen LogP contribution in [0.2, 0.25) is 0 Å². The number of nitrogens with zero attached hydrogens (tertiary/aromatic N) is 2. The SMILES string of the molecule is COc1ccccc1N1CCN(C(=O)C(C)(C)c2ccccc2)CC1. The number of para-hydroxylation sites is 2. The predicted molar refractivity (Wildman–Crippen MR) is 101 cm³/mol. The highest BCUT2D eigenvalue weighted by Gasteiger charge is 2.35. The van der Waals surface area contributed by atoms with Gasteiger partial charge < -0.3 is 14.5 Å². The first-order valence-corrected chi connectivity index (χ1v) is 8.77. The van der Waals surface area contributed by atoms with E-state index >= 15 is 0 Å². The highest BCUT2D eigenvalue weighted by atomic mass is 16.5. The van der Waals surface area contributed by atoms with E-state index in [1.165, 1.54) is 0 Å². The van der Waals surface area contributed by atoms with Crippen molar-refractivity contribution in [2.45, 2.75) is 19.3 Å². The molecule has 0 radical (unpaired) electrons. The van der Waals surface area contributed by atoms with Gasteiger partial charge in [0.1, 0.15) is 5.75 Å². The van der Waals surface area contributed by atoms with Gasteiger partial charge >= 0.3 is 0 Å². The number of rotatable bonds is 4. The monoisotopic (exact) mass is 338 g/mol. The summed E-state index contributed by atoms with van der Waals surface area (Å²) in [7, 11) is 1.70. The second kappa shape index (κ2) is 7.18. The maximum absolute atomic E-state index is 13.1. The van der Waals surface area contributed by atoms with Gasteiger partial charge in [0, 0.05) is 26.2 Å². The first-order valence-electron chi connectivity index (χ1n) is 8.77. The van der Waals surface area contributed by atoms with Crippen LogP contribution in [0, 0.1) is 0 Å². The van der Waals surface area contributed by atoms with E-state index < -0.39 is 5.41 Å². The van der Waals surface area contributed by atoms with Crippen LogP contribution in [0.25, 0.3) is 0 Å². The van der Waals surface area contributed by atoms with Gasteiger partial charge in [-0.2, -0.15) is 0 Å². The fourth-order valence-corrected chi connectivity index (χ4v) is 3.42. The Morgan fingerprint density at radius 3 is 2.16 bits per heavy atom. The van der Waals surface area contributed by atoms with E-state index in [0.717, 1.165) is 43.2 Å². The Morgan fingerprint density at radius 1 is 0.920 bits per heavy atom. The molecule has 0 N–H and O–H groups in total. The Balaban J connectivity index is 1.69. The van der Waals surface area contributed by atoms with Crippen LogP contribution in [-0.4, -0.2) is 44.1 Å². The Morgan fingerprint density at radius 2 is 1.52 bits per heavy atom. The third kappa shape index (κ3) is 3.48. The van der Waals surface area contributed by atoms with Gasteiger partial charge in [-0.3, -0.25) is 4.79 Å². The minimum atomic E-state index is -0.506.